The topological polar surface area (TPSA) is 57.5 Å². The molecule has 2 N–H and O–H groups in total. The van der Waals surface area contributed by atoms with E-state index < -0.39 is 11.6 Å². The van der Waals surface area contributed by atoms with E-state index in [2.05, 4.69) is 20.8 Å². The van der Waals surface area contributed by atoms with Crippen molar-refractivity contribution in [2.75, 3.05) is 0 Å². The Kier molecular flexibility index (Phi) is 3.49. The zero-order valence-corrected chi connectivity index (χ0v) is 12.7. The Labute approximate surface area is 116 Å². The van der Waals surface area contributed by atoms with Crippen molar-refractivity contribution in [2.24, 2.45) is 22.7 Å². The van der Waals surface area contributed by atoms with Crippen LogP contribution in [0.4, 0.5) is 0 Å². The number of rotatable bonds is 2. The van der Waals surface area contributed by atoms with Crippen molar-refractivity contribution in [3.8, 4) is 0 Å². The van der Waals surface area contributed by atoms with Crippen LogP contribution in [0, 0.1) is 22.7 Å². The van der Waals surface area contributed by atoms with Gasteiger partial charge in [0, 0.05) is 5.92 Å². The molecule has 2 saturated carbocycles. The van der Waals surface area contributed by atoms with Crippen molar-refractivity contribution in [1.29, 1.82) is 0 Å². The fraction of sp³-hybridized carbons (Fsp3) is 0.938. The Morgan fingerprint density at radius 1 is 1.16 bits per heavy atom. The number of carboxylic acids is 1. The highest BCUT2D eigenvalue weighted by Gasteiger charge is 2.58. The van der Waals surface area contributed by atoms with Crippen molar-refractivity contribution < 1.29 is 15.0 Å². The lowest BCUT2D eigenvalue weighted by Crippen LogP contribution is -2.58. The van der Waals surface area contributed by atoms with E-state index in [-0.39, 0.29) is 23.2 Å². The van der Waals surface area contributed by atoms with Gasteiger partial charge in [-0.15, -0.1) is 0 Å². The van der Waals surface area contributed by atoms with Crippen molar-refractivity contribution in [3.05, 3.63) is 0 Å². The molecule has 2 aliphatic carbocycles. The highest BCUT2D eigenvalue weighted by Crippen LogP contribution is 2.62. The summed E-state index contributed by atoms with van der Waals surface area (Å²) in [4.78, 5) is 11.2. The summed E-state index contributed by atoms with van der Waals surface area (Å²) in [6.45, 7) is 8.68. The van der Waals surface area contributed by atoms with Crippen LogP contribution in [0.25, 0.3) is 0 Å². The Bertz CT molecular complexity index is 372. The average Bonchev–Trinajstić information content (AvgIpc) is 2.22. The molecular formula is C16H28O3. The van der Waals surface area contributed by atoms with E-state index in [0.717, 1.165) is 25.7 Å². The number of carbonyl (C=O) groups is 1. The summed E-state index contributed by atoms with van der Waals surface area (Å²) in [5.41, 5.74) is -0.612. The number of hydrogen-bond donors (Lipinski definition) is 2. The van der Waals surface area contributed by atoms with E-state index in [0.29, 0.717) is 5.92 Å². The molecule has 0 aliphatic heterocycles. The number of hydrogen-bond acceptors (Lipinski definition) is 2. The summed E-state index contributed by atoms with van der Waals surface area (Å²) in [6.07, 6.45) is 5.26. The first-order valence-corrected chi connectivity index (χ1v) is 7.54. The van der Waals surface area contributed by atoms with E-state index in [1.54, 1.807) is 0 Å². The molecule has 4 atom stereocenters. The fourth-order valence-corrected chi connectivity index (χ4v) is 5.25. The molecule has 19 heavy (non-hydrogen) atoms. The van der Waals surface area contributed by atoms with Gasteiger partial charge < -0.3 is 10.2 Å². The second-order valence-electron chi connectivity index (χ2n) is 7.95. The Balaban J connectivity index is 2.38. The summed E-state index contributed by atoms with van der Waals surface area (Å²) in [5.74, 6) is -0.385. The van der Waals surface area contributed by atoms with Crippen LogP contribution in [0.2, 0.25) is 0 Å². The Hall–Kier alpha value is -0.570. The van der Waals surface area contributed by atoms with E-state index in [4.69, 9.17) is 0 Å². The smallest absolute Gasteiger partial charge is 0.303 e. The van der Waals surface area contributed by atoms with Crippen LogP contribution in [0.5, 0.6) is 0 Å². The third-order valence-corrected chi connectivity index (χ3v) is 6.14. The molecule has 0 aromatic heterocycles. The van der Waals surface area contributed by atoms with Gasteiger partial charge in [-0.2, -0.15) is 0 Å². The van der Waals surface area contributed by atoms with Crippen LogP contribution < -0.4 is 0 Å². The maximum atomic E-state index is 11.2. The minimum Gasteiger partial charge on any atom is -0.481 e. The number of aliphatic carboxylic acids is 1. The second kappa shape index (κ2) is 4.47. The van der Waals surface area contributed by atoms with Gasteiger partial charge >= 0.3 is 5.97 Å². The average molecular weight is 268 g/mol. The predicted octanol–water partition coefficient (Wildman–Crippen LogP) is 3.45. The highest BCUT2D eigenvalue weighted by atomic mass is 16.4. The first-order chi connectivity index (χ1) is 8.59. The third-order valence-electron chi connectivity index (χ3n) is 6.14. The quantitative estimate of drug-likeness (QED) is 0.806. The van der Waals surface area contributed by atoms with Gasteiger partial charge in [-0.05, 0) is 49.4 Å². The lowest BCUT2D eigenvalue weighted by molar-refractivity contribution is -0.178. The summed E-state index contributed by atoms with van der Waals surface area (Å²) < 4.78 is 0. The summed E-state index contributed by atoms with van der Waals surface area (Å²) in [5, 5.41) is 19.9. The molecule has 2 aliphatic rings. The Morgan fingerprint density at radius 2 is 1.79 bits per heavy atom. The van der Waals surface area contributed by atoms with Gasteiger partial charge in [0.2, 0.25) is 0 Å². The van der Waals surface area contributed by atoms with E-state index in [1.807, 2.05) is 6.92 Å². The minimum atomic E-state index is -0.836. The van der Waals surface area contributed by atoms with Crippen LogP contribution in [0.3, 0.4) is 0 Å². The summed E-state index contributed by atoms with van der Waals surface area (Å²) in [7, 11) is 0. The van der Waals surface area contributed by atoms with Crippen LogP contribution >= 0.6 is 0 Å². The first kappa shape index (κ1) is 14.8. The van der Waals surface area contributed by atoms with Crippen molar-refractivity contribution in [1.82, 2.24) is 0 Å². The fourth-order valence-electron chi connectivity index (χ4n) is 5.25. The van der Waals surface area contributed by atoms with Crippen LogP contribution in [0.15, 0.2) is 0 Å². The summed E-state index contributed by atoms with van der Waals surface area (Å²) in [6, 6.07) is 0. The number of aliphatic hydroxyl groups is 1. The normalized spacial score (nSPS) is 45.5. The highest BCUT2D eigenvalue weighted by molar-refractivity contribution is 5.67. The Morgan fingerprint density at radius 3 is 2.37 bits per heavy atom. The minimum absolute atomic E-state index is 0.0398. The maximum Gasteiger partial charge on any atom is 0.303 e. The number of fused-ring (bicyclic) bond motifs is 1. The van der Waals surface area contributed by atoms with E-state index >= 15 is 0 Å². The van der Waals surface area contributed by atoms with Gasteiger partial charge in [-0.1, -0.05) is 27.2 Å². The van der Waals surface area contributed by atoms with Crippen LogP contribution in [-0.4, -0.2) is 21.8 Å². The lowest BCUT2D eigenvalue weighted by Gasteiger charge is -2.61. The SMILES string of the molecule is CC1(C)CCC[C@]2(C)[C@@H]1CC[C@](C)(O)[C@H]2CC(=O)O. The summed E-state index contributed by atoms with van der Waals surface area (Å²) >= 11 is 0. The van der Waals surface area contributed by atoms with Crippen LogP contribution in [-0.2, 0) is 4.79 Å². The van der Waals surface area contributed by atoms with E-state index in [1.165, 1.54) is 6.42 Å². The molecule has 0 radical (unpaired) electrons. The number of carboxylic acid groups (broad SMARTS) is 1. The van der Waals surface area contributed by atoms with Crippen molar-refractivity contribution in [2.45, 2.75) is 71.8 Å². The molecule has 0 aromatic rings. The van der Waals surface area contributed by atoms with Gasteiger partial charge in [0.25, 0.3) is 0 Å². The monoisotopic (exact) mass is 268 g/mol. The van der Waals surface area contributed by atoms with Crippen molar-refractivity contribution in [3.63, 3.8) is 0 Å². The van der Waals surface area contributed by atoms with Gasteiger partial charge in [-0.25, -0.2) is 0 Å². The van der Waals surface area contributed by atoms with E-state index in [9.17, 15) is 15.0 Å². The molecule has 0 saturated heterocycles. The van der Waals surface area contributed by atoms with Crippen LogP contribution in [0.1, 0.15) is 66.2 Å². The van der Waals surface area contributed by atoms with Gasteiger partial charge in [0.1, 0.15) is 0 Å². The van der Waals surface area contributed by atoms with Gasteiger partial charge in [0.15, 0.2) is 0 Å². The molecule has 2 rings (SSSR count). The first-order valence-electron chi connectivity index (χ1n) is 7.54. The molecule has 0 amide bonds. The molecule has 0 unspecified atom stereocenters. The standard InChI is InChI=1S/C16H28O3/c1-14(2)7-5-8-15(3)11(14)6-9-16(4,19)12(15)10-13(17)18/h11-12,19H,5-10H2,1-4H3,(H,17,18)/t11-,12+,15-,16+/m1/s1. The molecule has 3 heteroatoms. The maximum absolute atomic E-state index is 11.2. The molecule has 3 nitrogen and oxygen atoms in total. The third kappa shape index (κ3) is 2.42. The molecule has 0 spiro atoms. The molecule has 0 heterocycles. The van der Waals surface area contributed by atoms with Gasteiger partial charge in [-0.3, -0.25) is 4.79 Å². The lowest BCUT2D eigenvalue weighted by atomic mass is 9.45. The predicted molar refractivity (Wildman–Crippen MR) is 74.8 cm³/mol. The largest absolute Gasteiger partial charge is 0.481 e. The zero-order chi connectivity index (χ0) is 14.5. The molecule has 110 valence electrons. The zero-order valence-electron chi connectivity index (χ0n) is 12.7. The second-order valence-corrected chi connectivity index (χ2v) is 7.95. The van der Waals surface area contributed by atoms with Gasteiger partial charge in [0.05, 0.1) is 12.0 Å². The molecule has 2 fully saturated rings. The molecule has 0 aromatic carbocycles. The van der Waals surface area contributed by atoms with Crippen molar-refractivity contribution >= 4 is 5.97 Å². The molecular weight excluding hydrogens is 240 g/mol. The molecule has 0 bridgehead atoms.